The minimum Gasteiger partial charge on any atom is -0.387 e. The Balaban J connectivity index is 2.71. The second-order valence-electron chi connectivity index (χ2n) is 3.74. The van der Waals surface area contributed by atoms with Crippen LogP contribution in [0.5, 0.6) is 0 Å². The molecule has 0 amide bonds. The van der Waals surface area contributed by atoms with Crippen LogP contribution in [0.2, 0.25) is 0 Å². The molecule has 2 heteroatoms. The normalized spacial score (nSPS) is 51.5. The summed E-state index contributed by atoms with van der Waals surface area (Å²) >= 11 is 0. The van der Waals surface area contributed by atoms with Gasteiger partial charge in [-0.15, -0.1) is 0 Å². The van der Waals surface area contributed by atoms with E-state index in [1.54, 1.807) is 0 Å². The first-order valence-corrected chi connectivity index (χ1v) is 4.38. The Morgan fingerprint density at radius 3 is 2.18 bits per heavy atom. The van der Waals surface area contributed by atoms with E-state index in [9.17, 15) is 5.11 Å². The van der Waals surface area contributed by atoms with Crippen LogP contribution < -0.4 is 0 Å². The highest BCUT2D eigenvalue weighted by atomic mass is 16.5. The van der Waals surface area contributed by atoms with E-state index in [1.165, 1.54) is 0 Å². The molecule has 0 bridgehead atoms. The Bertz CT molecular complexity index is 142. The fraction of sp³-hybridized carbons (Fsp3) is 1.00. The Hall–Kier alpha value is -0.0800. The lowest BCUT2D eigenvalue weighted by molar-refractivity contribution is -0.0318. The maximum atomic E-state index is 9.91. The molecule has 4 atom stereocenters. The van der Waals surface area contributed by atoms with Gasteiger partial charge < -0.3 is 9.84 Å². The zero-order valence-corrected chi connectivity index (χ0v) is 7.79. The zero-order valence-electron chi connectivity index (χ0n) is 7.79. The van der Waals surface area contributed by atoms with Crippen molar-refractivity contribution in [3.05, 3.63) is 0 Å². The van der Waals surface area contributed by atoms with Gasteiger partial charge >= 0.3 is 0 Å². The largest absolute Gasteiger partial charge is 0.387 e. The molecule has 0 aromatic heterocycles. The Labute approximate surface area is 68.6 Å². The Kier molecular flexibility index (Phi) is 2.26. The molecule has 66 valence electrons. The summed E-state index contributed by atoms with van der Waals surface area (Å²) in [7, 11) is 0. The summed E-state index contributed by atoms with van der Waals surface area (Å²) in [5.41, 5.74) is -0.638. The van der Waals surface area contributed by atoms with E-state index in [0.717, 1.165) is 6.42 Å². The highest BCUT2D eigenvalue weighted by Gasteiger charge is 2.46. The van der Waals surface area contributed by atoms with Crippen LogP contribution in [0.15, 0.2) is 0 Å². The van der Waals surface area contributed by atoms with Gasteiger partial charge in [0.05, 0.1) is 17.8 Å². The summed E-state index contributed by atoms with van der Waals surface area (Å²) in [4.78, 5) is 0. The van der Waals surface area contributed by atoms with Gasteiger partial charge in [0.1, 0.15) is 0 Å². The Morgan fingerprint density at radius 1 is 1.45 bits per heavy atom. The van der Waals surface area contributed by atoms with Crippen molar-refractivity contribution < 1.29 is 9.84 Å². The van der Waals surface area contributed by atoms with Crippen molar-refractivity contribution in [3.8, 4) is 0 Å². The van der Waals surface area contributed by atoms with Crippen LogP contribution in [0.3, 0.4) is 0 Å². The number of ether oxygens (including phenoxy) is 1. The van der Waals surface area contributed by atoms with Crippen LogP contribution in [0, 0.1) is 5.92 Å². The molecule has 1 aliphatic heterocycles. The molecule has 1 aliphatic rings. The molecule has 1 rings (SSSR count). The van der Waals surface area contributed by atoms with Gasteiger partial charge in [-0.05, 0) is 20.3 Å². The minimum absolute atomic E-state index is 0.0255. The van der Waals surface area contributed by atoms with Crippen molar-refractivity contribution in [2.24, 2.45) is 5.92 Å². The van der Waals surface area contributed by atoms with Gasteiger partial charge in [-0.3, -0.25) is 0 Å². The number of hydrogen-bond donors (Lipinski definition) is 1. The topological polar surface area (TPSA) is 29.5 Å². The number of rotatable bonds is 1. The smallest absolute Gasteiger partial charge is 0.0927 e. The SMILES string of the molecule is CC[C@H]1OC(C)[C@@](C)(O)C1C. The highest BCUT2D eigenvalue weighted by molar-refractivity contribution is 4.95. The van der Waals surface area contributed by atoms with E-state index in [1.807, 2.05) is 13.8 Å². The fourth-order valence-electron chi connectivity index (χ4n) is 1.71. The molecular weight excluding hydrogens is 140 g/mol. The number of hydrogen-bond acceptors (Lipinski definition) is 2. The maximum absolute atomic E-state index is 9.91. The average Bonchev–Trinajstić information content (AvgIpc) is 2.14. The third-order valence-corrected chi connectivity index (χ3v) is 3.08. The molecule has 0 spiro atoms. The molecule has 0 radical (unpaired) electrons. The van der Waals surface area contributed by atoms with E-state index >= 15 is 0 Å². The average molecular weight is 158 g/mol. The summed E-state index contributed by atoms with van der Waals surface area (Å²) in [6.45, 7) is 7.94. The van der Waals surface area contributed by atoms with Crippen molar-refractivity contribution in [2.45, 2.75) is 51.9 Å². The van der Waals surface area contributed by atoms with Crippen LogP contribution >= 0.6 is 0 Å². The fourth-order valence-corrected chi connectivity index (χ4v) is 1.71. The van der Waals surface area contributed by atoms with Gasteiger partial charge in [0.15, 0.2) is 0 Å². The maximum Gasteiger partial charge on any atom is 0.0927 e. The van der Waals surface area contributed by atoms with Crippen molar-refractivity contribution >= 4 is 0 Å². The van der Waals surface area contributed by atoms with E-state index in [2.05, 4.69) is 13.8 Å². The molecule has 0 aromatic rings. The van der Waals surface area contributed by atoms with E-state index in [0.29, 0.717) is 0 Å². The summed E-state index contributed by atoms with van der Waals surface area (Å²) < 4.78 is 5.59. The molecule has 2 unspecified atom stereocenters. The summed E-state index contributed by atoms with van der Waals surface area (Å²) in [6, 6.07) is 0. The monoisotopic (exact) mass is 158 g/mol. The van der Waals surface area contributed by atoms with Crippen molar-refractivity contribution in [3.63, 3.8) is 0 Å². The van der Waals surface area contributed by atoms with Crippen molar-refractivity contribution in [1.29, 1.82) is 0 Å². The molecule has 11 heavy (non-hydrogen) atoms. The van der Waals surface area contributed by atoms with Gasteiger partial charge in [-0.2, -0.15) is 0 Å². The lowest BCUT2D eigenvalue weighted by Crippen LogP contribution is -2.38. The molecule has 0 saturated carbocycles. The summed E-state index contributed by atoms with van der Waals surface area (Å²) in [6.07, 6.45) is 1.20. The summed E-state index contributed by atoms with van der Waals surface area (Å²) in [5.74, 6) is 0.252. The molecule has 0 aromatic carbocycles. The minimum atomic E-state index is -0.638. The van der Waals surface area contributed by atoms with Crippen molar-refractivity contribution in [1.82, 2.24) is 0 Å². The van der Waals surface area contributed by atoms with Gasteiger partial charge in [0, 0.05) is 5.92 Å². The van der Waals surface area contributed by atoms with Crippen molar-refractivity contribution in [2.75, 3.05) is 0 Å². The second kappa shape index (κ2) is 2.76. The van der Waals surface area contributed by atoms with Crippen LogP contribution in [-0.2, 0) is 4.74 Å². The molecule has 1 heterocycles. The lowest BCUT2D eigenvalue weighted by atomic mass is 9.85. The van der Waals surface area contributed by atoms with Crippen LogP contribution in [-0.4, -0.2) is 22.9 Å². The predicted octanol–water partition coefficient (Wildman–Crippen LogP) is 1.57. The first-order valence-electron chi connectivity index (χ1n) is 4.38. The standard InChI is InChI=1S/C9H18O2/c1-5-8-6(2)9(4,10)7(3)11-8/h6-8,10H,5H2,1-4H3/t6?,7?,8-,9+/m1/s1. The third-order valence-electron chi connectivity index (χ3n) is 3.08. The van der Waals surface area contributed by atoms with E-state index in [4.69, 9.17) is 4.74 Å². The first kappa shape index (κ1) is 9.01. The van der Waals surface area contributed by atoms with E-state index in [-0.39, 0.29) is 18.1 Å². The number of aliphatic hydroxyl groups is 1. The van der Waals surface area contributed by atoms with E-state index < -0.39 is 5.60 Å². The summed E-state index contributed by atoms with van der Waals surface area (Å²) in [5, 5.41) is 9.91. The molecule has 1 saturated heterocycles. The molecule has 2 nitrogen and oxygen atoms in total. The third kappa shape index (κ3) is 1.30. The van der Waals surface area contributed by atoms with Gasteiger partial charge in [0.25, 0.3) is 0 Å². The van der Waals surface area contributed by atoms with Gasteiger partial charge in [-0.25, -0.2) is 0 Å². The van der Waals surface area contributed by atoms with Crippen LogP contribution in [0.25, 0.3) is 0 Å². The van der Waals surface area contributed by atoms with Crippen LogP contribution in [0.1, 0.15) is 34.1 Å². The first-order chi connectivity index (χ1) is 5.00. The molecule has 0 aliphatic carbocycles. The lowest BCUT2D eigenvalue weighted by Gasteiger charge is -2.25. The van der Waals surface area contributed by atoms with Crippen LogP contribution in [0.4, 0.5) is 0 Å². The zero-order chi connectivity index (χ0) is 8.65. The second-order valence-corrected chi connectivity index (χ2v) is 3.74. The highest BCUT2D eigenvalue weighted by Crippen LogP contribution is 2.36. The Morgan fingerprint density at radius 2 is 2.00 bits per heavy atom. The van der Waals surface area contributed by atoms with Gasteiger partial charge in [-0.1, -0.05) is 13.8 Å². The molecule has 1 N–H and O–H groups in total. The predicted molar refractivity (Wildman–Crippen MR) is 44.4 cm³/mol. The molecular formula is C9H18O2. The van der Waals surface area contributed by atoms with Gasteiger partial charge in [0.2, 0.25) is 0 Å². The quantitative estimate of drug-likeness (QED) is 0.627. The molecule has 1 fully saturated rings.